The van der Waals surface area contributed by atoms with Gasteiger partial charge in [-0.25, -0.2) is 4.57 Å². The average Bonchev–Trinajstić information content (AvgIpc) is 3.46. The van der Waals surface area contributed by atoms with E-state index < -0.39 is 26.5 Å². The number of quaternary nitrogens is 1. The Bertz CT molecular complexity index is 1660. The number of rotatable bonds is 63. The van der Waals surface area contributed by atoms with E-state index in [2.05, 4.69) is 98.9 Å². The lowest BCUT2D eigenvalue weighted by atomic mass is 10.0. The number of phosphoric acid groups is 1. The van der Waals surface area contributed by atoms with E-state index in [0.29, 0.717) is 17.4 Å². The van der Waals surface area contributed by atoms with Gasteiger partial charge in [-0.3, -0.25) is 18.6 Å². The van der Waals surface area contributed by atoms with Crippen molar-refractivity contribution in [2.45, 2.75) is 315 Å². The van der Waals surface area contributed by atoms with Gasteiger partial charge in [-0.1, -0.05) is 292 Å². The highest BCUT2D eigenvalue weighted by Crippen LogP contribution is 2.43. The molecule has 0 amide bonds. The summed E-state index contributed by atoms with van der Waals surface area (Å²) in [4.78, 5) is 35.9. The predicted molar refractivity (Wildman–Crippen MR) is 353 cm³/mol. The Morgan fingerprint density at radius 1 is 0.390 bits per heavy atom. The summed E-state index contributed by atoms with van der Waals surface area (Å²) in [6.45, 7) is 4.35. The largest absolute Gasteiger partial charge is 0.472 e. The van der Waals surface area contributed by atoms with E-state index in [4.69, 9.17) is 18.5 Å². The Balaban J connectivity index is 4.04. The van der Waals surface area contributed by atoms with Gasteiger partial charge in [-0.15, -0.1) is 0 Å². The van der Waals surface area contributed by atoms with Gasteiger partial charge in [-0.2, -0.15) is 0 Å². The number of hydrogen-bond donors (Lipinski definition) is 1. The first-order valence-corrected chi connectivity index (χ1v) is 35.8. The summed E-state index contributed by atoms with van der Waals surface area (Å²) < 4.78 is 34.7. The second-order valence-electron chi connectivity index (χ2n) is 24.2. The first-order chi connectivity index (χ1) is 40.0. The maximum absolute atomic E-state index is 12.9. The number of carbonyl (C=O) groups excluding carboxylic acids is 2. The highest BCUT2D eigenvalue weighted by atomic mass is 31.2. The molecule has 9 nitrogen and oxygen atoms in total. The normalized spacial score (nSPS) is 13.7. The van der Waals surface area contributed by atoms with Gasteiger partial charge in [0.25, 0.3) is 0 Å². The van der Waals surface area contributed by atoms with Crippen LogP contribution in [0.1, 0.15) is 309 Å². The van der Waals surface area contributed by atoms with Gasteiger partial charge >= 0.3 is 19.8 Å². The van der Waals surface area contributed by atoms with Crippen LogP contribution in [0.2, 0.25) is 0 Å². The second-order valence-corrected chi connectivity index (χ2v) is 25.6. The molecule has 2 unspecified atom stereocenters. The van der Waals surface area contributed by atoms with Crippen molar-refractivity contribution in [3.05, 3.63) is 85.1 Å². The van der Waals surface area contributed by atoms with Crippen molar-refractivity contribution in [2.75, 3.05) is 47.5 Å². The molecule has 0 spiro atoms. The van der Waals surface area contributed by atoms with E-state index in [0.717, 1.165) is 70.6 Å². The molecule has 476 valence electrons. The van der Waals surface area contributed by atoms with Gasteiger partial charge in [0.05, 0.1) is 27.7 Å². The van der Waals surface area contributed by atoms with E-state index in [-0.39, 0.29) is 32.0 Å². The number of esters is 2. The zero-order valence-corrected chi connectivity index (χ0v) is 55.1. The standard InChI is InChI=1S/C72H130NO8P/c1-6-8-10-12-14-16-18-20-22-24-26-28-30-32-33-34-35-36-37-38-39-41-43-45-47-49-51-53-55-57-59-61-63-65-72(75)81-70(69-80-82(76,77)79-67-66-73(3,4)5)68-78-71(74)64-62-60-58-56-54-52-50-48-46-44-42-40-31-29-27-25-23-21-19-17-15-13-11-9-7-2/h8,10,14,16,19-22,25-28,32-33,70H,6-7,9,11-13,15,17-18,23-24,29-31,34-69H2,1-5H3/p+1/b10-8-,16-14-,21-19-,22-20-,27-25-,28-26-,33-32-. The first kappa shape index (κ1) is 79.2. The molecule has 82 heavy (non-hydrogen) atoms. The summed E-state index contributed by atoms with van der Waals surface area (Å²) in [5, 5.41) is 0. The van der Waals surface area contributed by atoms with Crippen LogP contribution < -0.4 is 0 Å². The minimum absolute atomic E-state index is 0.0306. The molecule has 0 bridgehead atoms. The molecule has 1 N–H and O–H groups in total. The van der Waals surface area contributed by atoms with Crippen molar-refractivity contribution in [2.24, 2.45) is 0 Å². The molecule has 0 aliphatic carbocycles. The molecular weight excluding hydrogens is 1040 g/mol. The van der Waals surface area contributed by atoms with Crippen molar-refractivity contribution in [1.82, 2.24) is 0 Å². The number of phosphoric ester groups is 1. The Morgan fingerprint density at radius 3 is 1.04 bits per heavy atom. The van der Waals surface area contributed by atoms with E-state index >= 15 is 0 Å². The number of carbonyl (C=O) groups is 2. The highest BCUT2D eigenvalue weighted by Gasteiger charge is 2.27. The molecule has 0 rings (SSSR count). The van der Waals surface area contributed by atoms with Crippen LogP contribution in [-0.4, -0.2) is 74.9 Å². The molecule has 0 heterocycles. The molecule has 0 fully saturated rings. The van der Waals surface area contributed by atoms with Gasteiger partial charge < -0.3 is 18.9 Å². The fraction of sp³-hybridized carbons (Fsp3) is 0.778. The van der Waals surface area contributed by atoms with Crippen LogP contribution in [0.15, 0.2) is 85.1 Å². The van der Waals surface area contributed by atoms with Crippen LogP contribution in [-0.2, 0) is 32.7 Å². The maximum atomic E-state index is 12.9. The van der Waals surface area contributed by atoms with Crippen LogP contribution >= 0.6 is 7.82 Å². The lowest BCUT2D eigenvalue weighted by molar-refractivity contribution is -0.870. The third-order valence-corrected chi connectivity index (χ3v) is 15.9. The summed E-state index contributed by atoms with van der Waals surface area (Å²) in [7, 11) is 1.48. The lowest BCUT2D eigenvalue weighted by Crippen LogP contribution is -2.37. The molecule has 0 aliphatic rings. The molecule has 0 saturated carbocycles. The molecule has 0 aliphatic heterocycles. The first-order valence-electron chi connectivity index (χ1n) is 34.3. The molecule has 10 heteroatoms. The predicted octanol–water partition coefficient (Wildman–Crippen LogP) is 22.2. The summed E-state index contributed by atoms with van der Waals surface area (Å²) in [5.74, 6) is -0.788. The number of ether oxygens (including phenoxy) is 2. The lowest BCUT2D eigenvalue weighted by Gasteiger charge is -2.24. The number of unbranched alkanes of at least 4 members (excludes halogenated alkanes) is 35. The van der Waals surface area contributed by atoms with Crippen LogP contribution in [0, 0.1) is 0 Å². The third-order valence-electron chi connectivity index (χ3n) is 14.9. The molecule has 0 aromatic rings. The molecule has 0 saturated heterocycles. The number of allylic oxidation sites excluding steroid dienone is 14. The summed E-state index contributed by atoms with van der Waals surface area (Å²) in [6.07, 6.45) is 85.3. The number of hydrogen-bond acceptors (Lipinski definition) is 7. The van der Waals surface area contributed by atoms with Crippen LogP contribution in [0.3, 0.4) is 0 Å². The van der Waals surface area contributed by atoms with Crippen molar-refractivity contribution in [1.29, 1.82) is 0 Å². The van der Waals surface area contributed by atoms with Gasteiger partial charge in [0, 0.05) is 12.8 Å². The monoisotopic (exact) mass is 1170 g/mol. The van der Waals surface area contributed by atoms with E-state index in [1.807, 2.05) is 21.1 Å². The second kappa shape index (κ2) is 62.7. The maximum Gasteiger partial charge on any atom is 0.472 e. The van der Waals surface area contributed by atoms with E-state index in [1.165, 1.54) is 205 Å². The van der Waals surface area contributed by atoms with Crippen molar-refractivity contribution in [3.63, 3.8) is 0 Å². The quantitative estimate of drug-likeness (QED) is 0.0211. The third kappa shape index (κ3) is 66.3. The highest BCUT2D eigenvalue weighted by molar-refractivity contribution is 7.47. The molecule has 0 aromatic heterocycles. The smallest absolute Gasteiger partial charge is 0.462 e. The molecular formula is C72H131NO8P+. The van der Waals surface area contributed by atoms with Gasteiger partial charge in [0.1, 0.15) is 19.8 Å². The molecule has 2 atom stereocenters. The van der Waals surface area contributed by atoms with Crippen molar-refractivity contribution in [3.8, 4) is 0 Å². The SMILES string of the molecule is CC/C=C\C/C=C\C/C=C\C/C=C\C/C=C\CCCCCCCCCCCCCCCCCCCC(=O)OC(COC(=O)CCCCCCCCCCCCCCC/C=C\C/C=C\CCCCCCC)COP(=O)(O)OCC[N+](C)(C)C. The molecule has 0 aromatic carbocycles. The van der Waals surface area contributed by atoms with Crippen molar-refractivity contribution >= 4 is 19.8 Å². The summed E-state index contributed by atoms with van der Waals surface area (Å²) in [5.41, 5.74) is 0. The fourth-order valence-electron chi connectivity index (χ4n) is 9.66. The fourth-order valence-corrected chi connectivity index (χ4v) is 10.4. The van der Waals surface area contributed by atoms with Crippen LogP contribution in [0.25, 0.3) is 0 Å². The van der Waals surface area contributed by atoms with Crippen molar-refractivity contribution < 1.29 is 42.1 Å². The topological polar surface area (TPSA) is 108 Å². The minimum atomic E-state index is -4.39. The summed E-state index contributed by atoms with van der Waals surface area (Å²) >= 11 is 0. The number of likely N-dealkylation sites (N-methyl/N-ethyl adjacent to an activating group) is 1. The minimum Gasteiger partial charge on any atom is -0.462 e. The van der Waals surface area contributed by atoms with Crippen LogP contribution in [0.4, 0.5) is 0 Å². The van der Waals surface area contributed by atoms with Gasteiger partial charge in [0.15, 0.2) is 6.10 Å². The van der Waals surface area contributed by atoms with Gasteiger partial charge in [-0.05, 0) is 89.9 Å². The van der Waals surface area contributed by atoms with Gasteiger partial charge in [0.2, 0.25) is 0 Å². The Hall–Kier alpha value is -2.81. The average molecular weight is 1170 g/mol. The molecule has 0 radical (unpaired) electrons. The summed E-state index contributed by atoms with van der Waals surface area (Å²) in [6, 6.07) is 0. The van der Waals surface area contributed by atoms with E-state index in [1.54, 1.807) is 0 Å². The Kier molecular flexibility index (Phi) is 60.6. The zero-order valence-electron chi connectivity index (χ0n) is 54.2. The Labute approximate surface area is 507 Å². The number of nitrogens with zero attached hydrogens (tertiary/aromatic N) is 1. The van der Waals surface area contributed by atoms with Crippen LogP contribution in [0.5, 0.6) is 0 Å². The zero-order chi connectivity index (χ0) is 59.8. The van der Waals surface area contributed by atoms with E-state index in [9.17, 15) is 19.0 Å². The Morgan fingerprint density at radius 2 is 0.695 bits per heavy atom.